The molecule has 1 aliphatic heterocycles. The van der Waals surface area contributed by atoms with Crippen LogP contribution in [-0.4, -0.2) is 209 Å². The predicted octanol–water partition coefficient (Wildman–Crippen LogP) is 9.52. The summed E-state index contributed by atoms with van der Waals surface area (Å²) in [5.74, 6) is -3.82. The lowest BCUT2D eigenvalue weighted by molar-refractivity contribution is -0.143. The average Bonchev–Trinajstić information content (AvgIpc) is 1.61. The second-order valence-electron chi connectivity index (χ2n) is 30.0. The summed E-state index contributed by atoms with van der Waals surface area (Å²) in [5.41, 5.74) is 16.1. The van der Waals surface area contributed by atoms with Crippen LogP contribution in [-0.2, 0) is 70.2 Å². The minimum atomic E-state index is -1.09. The third-order valence-corrected chi connectivity index (χ3v) is 21.3. The van der Waals surface area contributed by atoms with E-state index in [1.54, 1.807) is 62.5 Å². The first-order chi connectivity index (χ1) is 55.8. The van der Waals surface area contributed by atoms with E-state index in [0.29, 0.717) is 48.7 Å². The molecule has 9 atom stereocenters. The molecule has 1 fully saturated rings. The number of hydrogen-bond donors (Lipinski definition) is 11. The minimum Gasteiger partial charge on any atom is -0.508 e. The molecule has 0 spiro atoms. The van der Waals surface area contributed by atoms with Crippen LogP contribution in [0.25, 0.3) is 11.1 Å². The van der Waals surface area contributed by atoms with Crippen LogP contribution in [0.5, 0.6) is 5.75 Å². The number of nitrogens with zero attached hydrogens (tertiary/aromatic N) is 3. The van der Waals surface area contributed by atoms with Crippen LogP contribution in [0.2, 0.25) is 0 Å². The summed E-state index contributed by atoms with van der Waals surface area (Å²) in [6, 6.07) is 24.1. The number of likely N-dealkylation sites (N-methyl/N-ethyl adjacent to an activating group) is 1. The molecule has 1 saturated heterocycles. The summed E-state index contributed by atoms with van der Waals surface area (Å²) in [4.78, 5) is 142. The van der Waals surface area contributed by atoms with E-state index in [1.165, 1.54) is 23.5 Å². The van der Waals surface area contributed by atoms with Gasteiger partial charge in [-0.25, -0.2) is 29.6 Å². The number of amides is 11. The maximum atomic E-state index is 14.9. The molecular formula is C84H121N13O18S. The number of carbonyl (C=O) groups excluding carboxylic acids is 10. The van der Waals surface area contributed by atoms with E-state index in [4.69, 9.17) is 43.9 Å². The summed E-state index contributed by atoms with van der Waals surface area (Å²) in [6.45, 7) is 20.2. The number of fused-ring (bicyclic) bond motifs is 3. The number of phenolic OH excluding ortho intramolecular Hbond substituents is 1. The zero-order valence-electron chi connectivity index (χ0n) is 68.6. The largest absolute Gasteiger partial charge is 0.508 e. The van der Waals surface area contributed by atoms with Gasteiger partial charge in [0.2, 0.25) is 29.5 Å². The Morgan fingerprint density at radius 1 is 0.638 bits per heavy atom. The van der Waals surface area contributed by atoms with E-state index < -0.39 is 90.0 Å². The summed E-state index contributed by atoms with van der Waals surface area (Å²) in [5, 5.41) is 31.9. The van der Waals surface area contributed by atoms with Gasteiger partial charge in [-0.2, -0.15) is 0 Å². The van der Waals surface area contributed by atoms with Crippen LogP contribution in [0, 0.1) is 23.7 Å². The normalized spacial score (nSPS) is 15.3. The first-order valence-electron chi connectivity index (χ1n) is 40.5. The van der Waals surface area contributed by atoms with Gasteiger partial charge >= 0.3 is 24.3 Å². The topological polar surface area (TPSA) is 409 Å². The number of aromatic hydroxyl groups is 1. The van der Waals surface area contributed by atoms with Gasteiger partial charge in [-0.3, -0.25) is 39.1 Å². The fraction of sp³-hybridized carbons (Fsp3) is 0.560. The Kier molecular flexibility index (Phi) is 39.5. The van der Waals surface area contributed by atoms with Crippen molar-refractivity contribution in [2.45, 2.75) is 188 Å². The molecule has 2 aliphatic rings. The van der Waals surface area contributed by atoms with Gasteiger partial charge in [0.1, 0.15) is 60.5 Å². The molecule has 636 valence electrons. The number of anilines is 1. The van der Waals surface area contributed by atoms with Gasteiger partial charge in [0, 0.05) is 67.6 Å². The number of ether oxygens (including phenoxy) is 7. The summed E-state index contributed by atoms with van der Waals surface area (Å²) in [7, 11) is 1.96. The maximum Gasteiger partial charge on any atom is 0.426 e. The van der Waals surface area contributed by atoms with E-state index in [-0.39, 0.29) is 151 Å². The average molecular weight is 1630 g/mol. The number of rotatable bonds is 48. The number of primary amides is 1. The van der Waals surface area contributed by atoms with Crippen LogP contribution in [0.1, 0.15) is 176 Å². The molecule has 1 aliphatic carbocycles. The molecule has 32 heteroatoms. The number of benzene rings is 4. The van der Waals surface area contributed by atoms with E-state index in [1.807, 2.05) is 88.2 Å². The number of aromatic nitrogens is 1. The van der Waals surface area contributed by atoms with Crippen molar-refractivity contribution >= 4 is 76.8 Å². The summed E-state index contributed by atoms with van der Waals surface area (Å²) in [6.07, 6.45) is 3.09. The number of alkyl carbamates (subject to hydrolysis) is 2. The molecule has 4 aromatic carbocycles. The Bertz CT molecular complexity index is 3900. The molecule has 31 nitrogen and oxygen atoms in total. The number of nitrogens with one attached hydrogen (secondary N) is 9. The van der Waals surface area contributed by atoms with Crippen LogP contribution in [0.3, 0.4) is 0 Å². The second kappa shape index (κ2) is 49.2. The van der Waals surface area contributed by atoms with Crippen molar-refractivity contribution in [1.29, 1.82) is 0 Å². The van der Waals surface area contributed by atoms with Crippen molar-refractivity contribution < 1.29 is 86.2 Å². The summed E-state index contributed by atoms with van der Waals surface area (Å²) < 4.78 is 39.4. The Labute approximate surface area is 684 Å². The van der Waals surface area contributed by atoms with E-state index in [9.17, 15) is 53.1 Å². The van der Waals surface area contributed by atoms with Crippen molar-refractivity contribution in [2.24, 2.45) is 29.4 Å². The Morgan fingerprint density at radius 2 is 1.29 bits per heavy atom. The number of phenols is 1. The molecule has 0 saturated carbocycles. The zero-order valence-corrected chi connectivity index (χ0v) is 69.5. The van der Waals surface area contributed by atoms with Crippen molar-refractivity contribution in [3.05, 3.63) is 135 Å². The highest BCUT2D eigenvalue weighted by Gasteiger charge is 2.39. The highest BCUT2D eigenvalue weighted by Crippen LogP contribution is 2.45. The maximum absolute atomic E-state index is 14.9. The molecule has 0 bridgehead atoms. The lowest BCUT2D eigenvalue weighted by Gasteiger charge is -2.40. The van der Waals surface area contributed by atoms with Crippen molar-refractivity contribution in [3.8, 4) is 16.9 Å². The molecule has 0 unspecified atom stereocenters. The molecule has 7 rings (SSSR count). The Hall–Kier alpha value is -9.99. The predicted molar refractivity (Wildman–Crippen MR) is 439 cm³/mol. The van der Waals surface area contributed by atoms with Gasteiger partial charge in [-0.15, -0.1) is 11.3 Å². The lowest BCUT2D eigenvalue weighted by atomic mass is 9.92. The Balaban J connectivity index is 0.761. The van der Waals surface area contributed by atoms with E-state index in [2.05, 4.69) is 66.8 Å². The van der Waals surface area contributed by atoms with Gasteiger partial charge in [-0.1, -0.05) is 148 Å². The highest BCUT2D eigenvalue weighted by atomic mass is 32.1. The molecule has 5 aromatic rings. The van der Waals surface area contributed by atoms with Crippen LogP contribution < -0.4 is 53.8 Å². The molecule has 2 heterocycles. The van der Waals surface area contributed by atoms with Crippen LogP contribution in [0.15, 0.2) is 102 Å². The molecular weight excluding hydrogens is 1510 g/mol. The second-order valence-corrected chi connectivity index (χ2v) is 30.9. The monoisotopic (exact) mass is 1630 g/mol. The van der Waals surface area contributed by atoms with E-state index >= 15 is 0 Å². The number of thiazole rings is 1. The third kappa shape index (κ3) is 30.2. The van der Waals surface area contributed by atoms with Gasteiger partial charge in [-0.05, 0) is 140 Å². The van der Waals surface area contributed by atoms with Crippen molar-refractivity contribution in [3.63, 3.8) is 0 Å². The zero-order chi connectivity index (χ0) is 84.1. The number of carbonyl (C=O) groups is 10. The van der Waals surface area contributed by atoms with Gasteiger partial charge < -0.3 is 86.1 Å². The number of hydrazine groups is 1. The quantitative estimate of drug-likeness (QED) is 0.00980. The third-order valence-electron chi connectivity index (χ3n) is 20.4. The number of likely N-dealkylation sites (tertiary alicyclic amines) is 1. The minimum absolute atomic E-state index is 0.00559. The lowest BCUT2D eigenvalue weighted by Crippen LogP contribution is -2.58. The first kappa shape index (κ1) is 93.2. The summed E-state index contributed by atoms with van der Waals surface area (Å²) >= 11 is 1.29. The SMILES string of the molecule is CCCO[C@H](C[C@H](C(C)C)N(CCC)C(=O)[C@@H](NC(=O)[C@H]1CCCCN1C)[C@@H](C)CC)c1nc(C(=O)N[C@@H](Cc2ccc(O)cc2)C[C@H](C)C(=O)NNC(=O)OCCOCCOCCOCCNC(=O)OCc2ccc(NC(=O)[C@H](CCCNC(N)=O)NC(=O)[C@@H](NC(=O)OCC3c4ccccc4-c4ccccc43)C(C)C)cc2)cs1. The van der Waals surface area contributed by atoms with Gasteiger partial charge in [0.05, 0.1) is 45.7 Å². The molecule has 0 radical (unpaired) electrons. The number of nitrogens with two attached hydrogens (primary N) is 1. The van der Waals surface area contributed by atoms with E-state index in [0.717, 1.165) is 60.0 Å². The molecule has 12 N–H and O–H groups in total. The standard InChI is InChI=1S/C84H121N13O18S/c1-11-37-97(80(104)73(55(8)13-3)92-77(102)69-26-18-19-38-96(69)10)70(53(4)5)49-71(112-39-12-2)79-91-68(52-116-79)76(101)89-60(48-57-29-33-61(98)34-30-57)47-56(9)74(99)94-95-84(108)113-46-45-111-44-43-110-42-41-109-40-36-87-82(106)114-50-58-27-31-59(32-28-58)88-75(100)67(25-20-35-86-81(85)105)90-78(103)72(54(6)7)93-83(107)115-51-66-64-23-16-14-21-62(64)63-22-15-17-24-65(63)66/h14-17,21-24,27-34,52-56,60,66-67,69-73,98H,11-13,18-20,25-26,35-51H2,1-10H3,(H,87,106)(H,88,100)(H,89,101)(H,90,103)(H,92,102)(H,93,107)(H,94,99)(H,95,108)(H3,85,86,105)/t55-,56-,60+,67-,69+,70+,71+,72-,73-/m0/s1. The van der Waals surface area contributed by atoms with Gasteiger partial charge in [0.25, 0.3) is 5.91 Å². The van der Waals surface area contributed by atoms with Crippen molar-refractivity contribution in [2.75, 3.05) is 98.0 Å². The van der Waals surface area contributed by atoms with Gasteiger partial charge in [0.15, 0.2) is 0 Å². The number of piperidine rings is 1. The highest BCUT2D eigenvalue weighted by molar-refractivity contribution is 7.09. The molecule has 116 heavy (non-hydrogen) atoms. The fourth-order valence-electron chi connectivity index (χ4n) is 13.8. The smallest absolute Gasteiger partial charge is 0.426 e. The van der Waals surface area contributed by atoms with Crippen LogP contribution >= 0.6 is 11.3 Å². The number of hydrogen-bond acceptors (Lipinski definition) is 21. The number of urea groups is 1. The van der Waals surface area contributed by atoms with Crippen molar-refractivity contribution in [1.82, 2.24) is 57.5 Å². The fourth-order valence-corrected chi connectivity index (χ4v) is 14.7. The molecule has 1 aromatic heterocycles. The first-order valence-corrected chi connectivity index (χ1v) is 41.3. The Morgan fingerprint density at radius 3 is 1.92 bits per heavy atom. The molecule has 11 amide bonds. The van der Waals surface area contributed by atoms with Crippen LogP contribution in [0.4, 0.5) is 24.9 Å².